The van der Waals surface area contributed by atoms with Crippen LogP contribution < -0.4 is 20.9 Å². The molecule has 3 atom stereocenters. The molecule has 2 aromatic rings. The zero-order valence-corrected chi connectivity index (χ0v) is 44.8. The van der Waals surface area contributed by atoms with Crippen LogP contribution in [-0.4, -0.2) is 234 Å². The first-order chi connectivity index (χ1) is 37.7. The molecule has 1 unspecified atom stereocenters. The van der Waals surface area contributed by atoms with Crippen molar-refractivity contribution in [2.45, 2.75) is 127 Å². The Bertz CT molecular complexity index is 2320. The van der Waals surface area contributed by atoms with Gasteiger partial charge in [-0.15, -0.1) is 0 Å². The van der Waals surface area contributed by atoms with Crippen LogP contribution in [0, 0.1) is 0 Å². The van der Waals surface area contributed by atoms with Crippen molar-refractivity contribution in [3.8, 4) is 0 Å². The maximum atomic E-state index is 12.5. The van der Waals surface area contributed by atoms with Crippen LogP contribution in [0.2, 0.25) is 0 Å². The van der Waals surface area contributed by atoms with Crippen molar-refractivity contribution in [3.05, 3.63) is 41.2 Å². The Hall–Kier alpha value is -7.10. The number of hydrogen-bond donors (Lipinski definition) is 10. The third kappa shape index (κ3) is 26.4. The van der Waals surface area contributed by atoms with Crippen LogP contribution >= 0.6 is 0 Å². The third-order valence-electron chi connectivity index (χ3n) is 13.7. The number of piperidine rings is 1. The molecule has 27 heteroatoms. The van der Waals surface area contributed by atoms with E-state index in [0.29, 0.717) is 43.5 Å². The average Bonchev–Trinajstić information content (AvgIpc) is 3.38. The number of carboxylic acid groups (broad SMARTS) is 7. The minimum absolute atomic E-state index is 0.0961. The number of anilines is 2. The predicted molar refractivity (Wildman–Crippen MR) is 285 cm³/mol. The molecular weight excluding hydrogens is 1030 g/mol. The predicted octanol–water partition coefficient (Wildman–Crippen LogP) is 1.88. The molecule has 0 spiro atoms. The van der Waals surface area contributed by atoms with Gasteiger partial charge in [0.2, 0.25) is 11.9 Å². The second kappa shape index (κ2) is 34.7. The molecule has 2 fully saturated rings. The van der Waals surface area contributed by atoms with Gasteiger partial charge in [-0.25, -0.2) is 14.4 Å². The van der Waals surface area contributed by atoms with Gasteiger partial charge in [0.25, 0.3) is 0 Å². The lowest BCUT2D eigenvalue weighted by molar-refractivity contribution is -0.142. The number of carbonyl (C=O) groups is 9. The molecule has 0 radical (unpaired) electrons. The lowest BCUT2D eigenvalue weighted by Crippen LogP contribution is -2.53. The van der Waals surface area contributed by atoms with Crippen molar-refractivity contribution in [1.29, 1.82) is 0 Å². The number of aromatic nitrogens is 3. The number of nitrogens with one attached hydrogen (secondary N) is 3. The van der Waals surface area contributed by atoms with Gasteiger partial charge >= 0.3 is 47.8 Å². The number of unbranched alkanes of at least 4 members (excludes halogenated alkanes) is 6. The summed E-state index contributed by atoms with van der Waals surface area (Å²) in [5, 5.41) is 74.2. The van der Waals surface area contributed by atoms with Gasteiger partial charge in [0.1, 0.15) is 23.7 Å². The number of ketones is 1. The van der Waals surface area contributed by atoms with E-state index in [-0.39, 0.29) is 97.0 Å². The van der Waals surface area contributed by atoms with Gasteiger partial charge in [-0.05, 0) is 62.5 Å². The molecular formula is C52H79N11O16. The summed E-state index contributed by atoms with van der Waals surface area (Å²) in [4.78, 5) is 130. The Kier molecular flexibility index (Phi) is 28.3. The highest BCUT2D eigenvalue weighted by atomic mass is 16.4. The summed E-state index contributed by atoms with van der Waals surface area (Å²) in [7, 11) is 0. The molecule has 0 bridgehead atoms. The van der Waals surface area contributed by atoms with Crippen LogP contribution in [0.15, 0.2) is 24.3 Å². The average molecular weight is 1110 g/mol. The zero-order valence-electron chi connectivity index (χ0n) is 44.8. The number of amides is 2. The van der Waals surface area contributed by atoms with Crippen LogP contribution in [0.4, 0.5) is 16.7 Å². The molecule has 27 nitrogen and oxygen atoms in total. The molecule has 79 heavy (non-hydrogen) atoms. The van der Waals surface area contributed by atoms with E-state index in [2.05, 4.69) is 20.9 Å². The highest BCUT2D eigenvalue weighted by Crippen LogP contribution is 2.21. The van der Waals surface area contributed by atoms with Gasteiger partial charge in [-0.2, -0.15) is 15.0 Å². The van der Waals surface area contributed by atoms with Crippen molar-refractivity contribution in [3.63, 3.8) is 0 Å². The Morgan fingerprint density at radius 3 is 1.58 bits per heavy atom. The van der Waals surface area contributed by atoms with Gasteiger partial charge in [-0.3, -0.25) is 48.4 Å². The molecule has 3 heterocycles. The summed E-state index contributed by atoms with van der Waals surface area (Å²) in [6.07, 6.45) is 9.05. The van der Waals surface area contributed by atoms with E-state index in [0.717, 1.165) is 82.0 Å². The number of aliphatic carboxylic acids is 7. The quantitative estimate of drug-likeness (QED) is 0.0447. The van der Waals surface area contributed by atoms with E-state index in [4.69, 9.17) is 20.1 Å². The SMILES string of the molecule is O=C(O)CC[C@H](NC(=O)N[C@@H](CCC(=O)CCCCCCCCCNc1nc(Cc2ccc(CC3CN(CC(=O)O)CCN(CC(=O)O)CCN(CC(=O)O)CCN3CC(=O)O)cc2)nc(N2CCCCC2)n1)C(=O)O)C(=O)O. The molecule has 10 N–H and O–H groups in total. The van der Waals surface area contributed by atoms with Crippen LogP contribution in [0.25, 0.3) is 0 Å². The van der Waals surface area contributed by atoms with Crippen molar-refractivity contribution in [2.24, 2.45) is 0 Å². The summed E-state index contributed by atoms with van der Waals surface area (Å²) >= 11 is 0. The number of carboxylic acids is 7. The summed E-state index contributed by atoms with van der Waals surface area (Å²) in [5.41, 5.74) is 1.77. The Balaban J connectivity index is 1.30. The molecule has 0 saturated carbocycles. The molecule has 2 aliphatic rings. The van der Waals surface area contributed by atoms with Gasteiger partial charge in [0, 0.05) is 97.2 Å². The van der Waals surface area contributed by atoms with E-state index in [1.165, 1.54) is 0 Å². The van der Waals surface area contributed by atoms with Crippen LogP contribution in [0.1, 0.15) is 113 Å². The highest BCUT2D eigenvalue weighted by molar-refractivity contribution is 5.87. The summed E-state index contributed by atoms with van der Waals surface area (Å²) in [5.74, 6) is -6.95. The lowest BCUT2D eigenvalue weighted by Gasteiger charge is -2.37. The van der Waals surface area contributed by atoms with Crippen LogP contribution in [0.3, 0.4) is 0 Å². The van der Waals surface area contributed by atoms with Gasteiger partial charge in [0.05, 0.1) is 26.2 Å². The van der Waals surface area contributed by atoms with Crippen molar-refractivity contribution >= 4 is 65.5 Å². The Morgan fingerprint density at radius 2 is 1.03 bits per heavy atom. The molecule has 2 saturated heterocycles. The van der Waals surface area contributed by atoms with E-state index >= 15 is 0 Å². The number of hydrogen-bond acceptors (Lipinski definition) is 18. The first-order valence-electron chi connectivity index (χ1n) is 27.1. The fourth-order valence-corrected chi connectivity index (χ4v) is 9.51. The standard InChI is InChI=1S/C52H79N11O16/c64-39(16-17-40(48(75)76)54-52(79)55-41(49(77)78)18-19-43(65)66)11-7-4-2-1-3-5-8-20-53-50-56-42(57-51(58-50)62-21-9-6-10-22-62)30-37-14-12-36(13-15-37)29-38-31-61(34-46(71)72)26-25-59(32-44(67)68)23-24-60(33-45(69)70)27-28-63(38)35-47(73)74/h12-15,38,40-41H,1-11,16-35H2,(H,65,66)(H,67,68)(H,69,70)(H,71,72)(H,73,74)(H,75,76)(H,77,78)(H2,54,55,79)(H,53,56,57,58)/t38?,40-,41-/m0/s1. The topological polar surface area (TPSA) is 386 Å². The second-order valence-electron chi connectivity index (χ2n) is 20.2. The third-order valence-corrected chi connectivity index (χ3v) is 13.7. The minimum atomic E-state index is -1.53. The van der Waals surface area contributed by atoms with Gasteiger partial charge in [0.15, 0.2) is 0 Å². The smallest absolute Gasteiger partial charge is 0.326 e. The number of Topliss-reactive ketones (excluding diaryl/α,β-unsaturated/α-hetero) is 1. The van der Waals surface area contributed by atoms with E-state index in [1.807, 2.05) is 24.3 Å². The molecule has 438 valence electrons. The molecule has 2 amide bonds. The summed E-state index contributed by atoms with van der Waals surface area (Å²) in [6.45, 7) is 2.27. The first-order valence-corrected chi connectivity index (χ1v) is 27.1. The summed E-state index contributed by atoms with van der Waals surface area (Å²) in [6, 6.07) is 3.21. The van der Waals surface area contributed by atoms with Crippen LogP contribution in [-0.2, 0) is 51.2 Å². The number of carbonyl (C=O) groups excluding carboxylic acids is 2. The van der Waals surface area contributed by atoms with Gasteiger partial charge < -0.3 is 56.6 Å². The molecule has 0 aliphatic carbocycles. The number of rotatable bonds is 34. The maximum Gasteiger partial charge on any atom is 0.326 e. The van der Waals surface area contributed by atoms with Crippen molar-refractivity contribution in [1.82, 2.24) is 45.2 Å². The summed E-state index contributed by atoms with van der Waals surface area (Å²) < 4.78 is 0. The van der Waals surface area contributed by atoms with Crippen molar-refractivity contribution in [2.75, 3.05) is 102 Å². The Labute approximate surface area is 458 Å². The van der Waals surface area contributed by atoms with Crippen molar-refractivity contribution < 1.29 is 78.9 Å². The monoisotopic (exact) mass is 1110 g/mol. The minimum Gasteiger partial charge on any atom is -0.481 e. The number of nitrogens with zero attached hydrogens (tertiary/aromatic N) is 8. The lowest BCUT2D eigenvalue weighted by atomic mass is 10.0. The molecule has 1 aromatic heterocycles. The number of urea groups is 1. The fraction of sp³-hybridized carbons (Fsp3) is 0.654. The number of benzene rings is 1. The fourth-order valence-electron chi connectivity index (χ4n) is 9.51. The molecule has 4 rings (SSSR count). The van der Waals surface area contributed by atoms with Gasteiger partial charge in [-0.1, -0.05) is 56.4 Å². The largest absolute Gasteiger partial charge is 0.481 e. The zero-order chi connectivity index (χ0) is 57.7. The second-order valence-corrected chi connectivity index (χ2v) is 20.2. The Morgan fingerprint density at radius 1 is 0.519 bits per heavy atom. The highest BCUT2D eigenvalue weighted by Gasteiger charge is 2.29. The molecule has 2 aliphatic heterocycles. The molecule has 1 aromatic carbocycles. The maximum absolute atomic E-state index is 12.5. The van der Waals surface area contributed by atoms with E-state index in [1.54, 1.807) is 19.6 Å². The van der Waals surface area contributed by atoms with E-state index < -0.39 is 78.8 Å². The van der Waals surface area contributed by atoms with Crippen LogP contribution in [0.5, 0.6) is 0 Å². The normalized spacial score (nSPS) is 17.1. The first kappa shape index (κ1) is 64.4. The van der Waals surface area contributed by atoms with E-state index in [9.17, 15) is 73.8 Å².